The molecular weight excluding hydrogens is 571 g/mol. The zero-order chi connectivity index (χ0) is 30.6. The van der Waals surface area contributed by atoms with Gasteiger partial charge in [0.2, 0.25) is 5.95 Å². The van der Waals surface area contributed by atoms with Crippen molar-refractivity contribution in [3.05, 3.63) is 152 Å². The summed E-state index contributed by atoms with van der Waals surface area (Å²) in [7, 11) is 0. The summed E-state index contributed by atoms with van der Waals surface area (Å²) in [5, 5.41) is 10.9. The fraction of sp³-hybridized carbons (Fsp3) is 0. The molecule has 0 radical (unpaired) electrons. The lowest BCUT2D eigenvalue weighted by molar-refractivity contribution is 1.02. The Bertz CT molecular complexity index is 2950. The Morgan fingerprint density at radius 1 is 0.362 bits per heavy atom. The molecule has 0 saturated carbocycles. The molecule has 0 spiro atoms. The van der Waals surface area contributed by atoms with E-state index >= 15 is 0 Å². The molecule has 0 fully saturated rings. The summed E-state index contributed by atoms with van der Waals surface area (Å²) < 4.78 is 2.37. The van der Waals surface area contributed by atoms with Crippen LogP contribution in [0.2, 0.25) is 0 Å². The molecule has 10 aromatic rings. The smallest absolute Gasteiger partial charge is 0.235 e. The van der Waals surface area contributed by atoms with Gasteiger partial charge < -0.3 is 0 Å². The van der Waals surface area contributed by atoms with Crippen LogP contribution in [0.25, 0.3) is 104 Å². The summed E-state index contributed by atoms with van der Waals surface area (Å²) >= 11 is 0. The van der Waals surface area contributed by atoms with Gasteiger partial charge in [-0.1, -0.05) is 140 Å². The molecule has 0 atom stereocenters. The lowest BCUT2D eigenvalue weighted by Gasteiger charge is -2.14. The molecule has 3 heteroatoms. The summed E-state index contributed by atoms with van der Waals surface area (Å²) in [5.41, 5.74) is 10.4. The van der Waals surface area contributed by atoms with E-state index in [1.54, 1.807) is 0 Å². The molecule has 11 rings (SSSR count). The van der Waals surface area contributed by atoms with Gasteiger partial charge in [0, 0.05) is 32.5 Å². The first-order valence-corrected chi connectivity index (χ1v) is 16.1. The van der Waals surface area contributed by atoms with E-state index in [1.807, 2.05) is 0 Å². The van der Waals surface area contributed by atoms with Crippen LogP contribution in [-0.4, -0.2) is 14.5 Å². The second kappa shape index (κ2) is 9.12. The first kappa shape index (κ1) is 24.9. The van der Waals surface area contributed by atoms with Crippen LogP contribution in [0.5, 0.6) is 0 Å². The van der Waals surface area contributed by atoms with Crippen molar-refractivity contribution >= 4 is 65.0 Å². The average molecular weight is 596 g/mol. The van der Waals surface area contributed by atoms with E-state index in [1.165, 1.54) is 65.3 Å². The fourth-order valence-corrected chi connectivity index (χ4v) is 8.21. The maximum absolute atomic E-state index is 5.46. The van der Waals surface area contributed by atoms with Gasteiger partial charge in [0.1, 0.15) is 0 Å². The molecule has 3 nitrogen and oxygen atoms in total. The average Bonchev–Trinajstić information content (AvgIpc) is 3.66. The quantitative estimate of drug-likeness (QED) is 0.186. The first-order chi connectivity index (χ1) is 23.3. The Morgan fingerprint density at radius 2 is 0.957 bits per heavy atom. The third-order valence-electron chi connectivity index (χ3n) is 10.1. The predicted molar refractivity (Wildman–Crippen MR) is 196 cm³/mol. The highest BCUT2D eigenvalue weighted by atomic mass is 15.2. The van der Waals surface area contributed by atoms with E-state index < -0.39 is 0 Å². The topological polar surface area (TPSA) is 30.7 Å². The van der Waals surface area contributed by atoms with Crippen LogP contribution in [0.3, 0.4) is 0 Å². The highest BCUT2D eigenvalue weighted by Crippen LogP contribution is 2.52. The van der Waals surface area contributed by atoms with Gasteiger partial charge in [-0.15, -0.1) is 0 Å². The van der Waals surface area contributed by atoms with Crippen LogP contribution in [0.4, 0.5) is 0 Å². The van der Waals surface area contributed by atoms with Gasteiger partial charge >= 0.3 is 0 Å². The molecule has 0 bridgehead atoms. The number of hydrogen-bond donors (Lipinski definition) is 0. The summed E-state index contributed by atoms with van der Waals surface area (Å²) in [6.45, 7) is 0. The zero-order valence-corrected chi connectivity index (χ0v) is 25.3. The molecule has 2 heterocycles. The molecule has 0 amide bonds. The highest BCUT2D eigenvalue weighted by molar-refractivity contribution is 6.36. The van der Waals surface area contributed by atoms with E-state index in [0.29, 0.717) is 5.95 Å². The van der Waals surface area contributed by atoms with Crippen LogP contribution in [0, 0.1) is 0 Å². The van der Waals surface area contributed by atoms with Crippen molar-refractivity contribution < 1.29 is 0 Å². The largest absolute Gasteiger partial charge is 0.277 e. The van der Waals surface area contributed by atoms with Gasteiger partial charge in [0.25, 0.3) is 0 Å². The molecule has 1 aliphatic carbocycles. The van der Waals surface area contributed by atoms with E-state index in [0.717, 1.165) is 33.2 Å². The third kappa shape index (κ3) is 3.25. The minimum absolute atomic E-state index is 0.680. The van der Waals surface area contributed by atoms with Crippen LogP contribution in [-0.2, 0) is 0 Å². The van der Waals surface area contributed by atoms with Crippen LogP contribution in [0.15, 0.2) is 152 Å². The SMILES string of the molecule is c1ccc(-c2nc(-n3c4c5cccc6c5c(cc4c4c5ccccc5c5ccccc5c43)-c3ccccc3-6)nc3ccccc23)cc1. The number of rotatable bonds is 2. The van der Waals surface area contributed by atoms with Crippen molar-refractivity contribution in [1.82, 2.24) is 14.5 Å². The van der Waals surface area contributed by atoms with E-state index in [4.69, 9.17) is 9.97 Å². The molecule has 0 unspecified atom stereocenters. The first-order valence-electron chi connectivity index (χ1n) is 16.1. The molecule has 216 valence electrons. The Morgan fingerprint density at radius 3 is 1.77 bits per heavy atom. The van der Waals surface area contributed by atoms with Gasteiger partial charge in [-0.25, -0.2) is 9.97 Å². The number of benzene rings is 8. The standard InChI is InChI=1S/C44H25N3/c1-2-13-26(14-3-1)41-34-21-10-11-24-38(34)45-44(46-41)47-42-35-23-12-22-31-28-16-4-5-18-30(28)36(39(31)35)25-37(42)40-32-19-8-6-15-27(32)29-17-7-9-20-33(29)43(40)47/h1-25H. The highest BCUT2D eigenvalue weighted by Gasteiger charge is 2.28. The summed E-state index contributed by atoms with van der Waals surface area (Å²) in [5.74, 6) is 0.680. The lowest BCUT2D eigenvalue weighted by Crippen LogP contribution is -2.04. The molecule has 1 aliphatic rings. The molecule has 47 heavy (non-hydrogen) atoms. The van der Waals surface area contributed by atoms with E-state index in [2.05, 4.69) is 156 Å². The number of fused-ring (bicyclic) bond motifs is 13. The normalized spacial score (nSPS) is 12.3. The maximum atomic E-state index is 5.46. The van der Waals surface area contributed by atoms with Crippen LogP contribution < -0.4 is 0 Å². The van der Waals surface area contributed by atoms with Gasteiger partial charge in [-0.2, -0.15) is 0 Å². The Labute approximate surface area is 270 Å². The molecule has 0 N–H and O–H groups in total. The maximum Gasteiger partial charge on any atom is 0.235 e. The Balaban J connectivity index is 1.43. The molecular formula is C44H25N3. The van der Waals surface area contributed by atoms with Crippen LogP contribution >= 0.6 is 0 Å². The van der Waals surface area contributed by atoms with Crippen molar-refractivity contribution in [1.29, 1.82) is 0 Å². The van der Waals surface area contributed by atoms with Crippen molar-refractivity contribution in [2.45, 2.75) is 0 Å². The summed E-state index contributed by atoms with van der Waals surface area (Å²) in [4.78, 5) is 10.8. The van der Waals surface area contributed by atoms with Gasteiger partial charge in [-0.05, 0) is 55.9 Å². The van der Waals surface area contributed by atoms with Gasteiger partial charge in [0.05, 0.1) is 22.2 Å². The van der Waals surface area contributed by atoms with Crippen molar-refractivity contribution in [2.24, 2.45) is 0 Å². The molecule has 0 saturated heterocycles. The van der Waals surface area contributed by atoms with Crippen molar-refractivity contribution in [3.8, 4) is 39.5 Å². The van der Waals surface area contributed by atoms with Gasteiger partial charge in [-0.3, -0.25) is 4.57 Å². The minimum atomic E-state index is 0.680. The Kier molecular flexibility index (Phi) is 4.84. The predicted octanol–water partition coefficient (Wildman–Crippen LogP) is 11.5. The number of para-hydroxylation sites is 1. The van der Waals surface area contributed by atoms with Crippen LogP contribution in [0.1, 0.15) is 0 Å². The number of hydrogen-bond acceptors (Lipinski definition) is 2. The lowest BCUT2D eigenvalue weighted by atomic mass is 9.95. The summed E-state index contributed by atoms with van der Waals surface area (Å²) in [6, 6.07) is 54.5. The van der Waals surface area contributed by atoms with Gasteiger partial charge in [0.15, 0.2) is 0 Å². The second-order valence-corrected chi connectivity index (χ2v) is 12.5. The third-order valence-corrected chi connectivity index (χ3v) is 10.1. The molecule has 2 aromatic heterocycles. The van der Waals surface area contributed by atoms with Crippen molar-refractivity contribution in [2.75, 3.05) is 0 Å². The zero-order valence-electron chi connectivity index (χ0n) is 25.3. The van der Waals surface area contributed by atoms with Crippen molar-refractivity contribution in [3.63, 3.8) is 0 Å². The van der Waals surface area contributed by atoms with E-state index in [9.17, 15) is 0 Å². The fourth-order valence-electron chi connectivity index (χ4n) is 8.21. The number of aromatic nitrogens is 3. The second-order valence-electron chi connectivity index (χ2n) is 12.5. The molecule has 0 aliphatic heterocycles. The summed E-state index contributed by atoms with van der Waals surface area (Å²) in [6.07, 6.45) is 0. The van der Waals surface area contributed by atoms with E-state index in [-0.39, 0.29) is 0 Å². The molecule has 8 aromatic carbocycles. The monoisotopic (exact) mass is 595 g/mol. The Hall–Kier alpha value is -6.32. The minimum Gasteiger partial charge on any atom is -0.277 e. The number of nitrogens with zero attached hydrogens (tertiary/aromatic N) is 3.